The summed E-state index contributed by atoms with van der Waals surface area (Å²) in [6.45, 7) is 0. The number of aromatic carboxylic acids is 2. The number of carboxylic acids is 2. The van der Waals surface area contributed by atoms with Gasteiger partial charge in [0.2, 0.25) is 0 Å². The minimum absolute atomic E-state index is 0.160. The molecule has 0 amide bonds. The molecule has 0 saturated carbocycles. The Morgan fingerprint density at radius 3 is 1.33 bits per heavy atom. The fraction of sp³-hybridized carbons (Fsp3) is 0.222. The Morgan fingerprint density at radius 1 is 0.750 bits per heavy atom. The first-order valence-corrected chi connectivity index (χ1v) is 8.02. The second kappa shape index (κ2) is 8.52. The van der Waals surface area contributed by atoms with E-state index >= 15 is 0 Å². The molecular formula is C18H22NO4S+. The van der Waals surface area contributed by atoms with Crippen molar-refractivity contribution in [3.05, 3.63) is 59.7 Å². The van der Waals surface area contributed by atoms with Crippen LogP contribution in [0.3, 0.4) is 0 Å². The average Bonchev–Trinajstić information content (AvgIpc) is 2.46. The molecule has 0 aromatic heterocycles. The highest BCUT2D eigenvalue weighted by atomic mass is 32.2. The van der Waals surface area contributed by atoms with Crippen LogP contribution in [0.1, 0.15) is 20.7 Å². The minimum Gasteiger partial charge on any atom is -0.478 e. The van der Waals surface area contributed by atoms with Crippen LogP contribution in [0.25, 0.3) is 0 Å². The maximum atomic E-state index is 11.1. The molecule has 2 aromatic rings. The van der Waals surface area contributed by atoms with Gasteiger partial charge in [0.15, 0.2) is 0 Å². The van der Waals surface area contributed by atoms with Crippen LogP contribution in [0.15, 0.2) is 58.3 Å². The second-order valence-corrected chi connectivity index (χ2v) is 7.47. The van der Waals surface area contributed by atoms with Crippen molar-refractivity contribution in [1.82, 2.24) is 0 Å². The lowest BCUT2D eigenvalue weighted by Gasteiger charge is -2.14. The minimum atomic E-state index is -1.03. The lowest BCUT2D eigenvalue weighted by atomic mass is 10.2. The third-order valence-electron chi connectivity index (χ3n) is 2.45. The molecule has 0 radical (unpaired) electrons. The molecule has 0 atom stereocenters. The first-order valence-electron chi connectivity index (χ1n) is 7.21. The first-order chi connectivity index (χ1) is 11.1. The summed E-state index contributed by atoms with van der Waals surface area (Å²) in [7, 11) is 8.50. The molecule has 0 fully saturated rings. The number of carbonyl (C=O) groups is 2. The standard InChI is InChI=1S/C14H10O4S.C4H12N/c15-13(16)9-5-1-3-7-11(9)19-12-8-4-2-6-10(12)14(17)18;1-5(2,3)4/h1-8H,(H,15,16)(H,17,18);1-4H3/q;+1. The van der Waals surface area contributed by atoms with E-state index < -0.39 is 11.9 Å². The van der Waals surface area contributed by atoms with Crippen molar-refractivity contribution in [2.45, 2.75) is 9.79 Å². The molecule has 24 heavy (non-hydrogen) atoms. The smallest absolute Gasteiger partial charge is 0.336 e. The normalized spacial score (nSPS) is 10.5. The molecular weight excluding hydrogens is 326 g/mol. The third kappa shape index (κ3) is 6.85. The third-order valence-corrected chi connectivity index (χ3v) is 3.61. The van der Waals surface area contributed by atoms with E-state index in [1.807, 2.05) is 0 Å². The molecule has 0 aliphatic rings. The SMILES string of the molecule is C[N+](C)(C)C.O=C(O)c1ccccc1Sc1ccccc1C(=O)O. The number of hydrogen-bond donors (Lipinski definition) is 2. The summed E-state index contributed by atoms with van der Waals surface area (Å²) in [5.74, 6) is -2.06. The Morgan fingerprint density at radius 2 is 1.04 bits per heavy atom. The van der Waals surface area contributed by atoms with Gasteiger partial charge in [-0.2, -0.15) is 0 Å². The molecule has 6 heteroatoms. The molecule has 0 bridgehead atoms. The van der Waals surface area contributed by atoms with Crippen LogP contribution in [-0.2, 0) is 0 Å². The van der Waals surface area contributed by atoms with Crippen LogP contribution in [-0.4, -0.2) is 54.8 Å². The van der Waals surface area contributed by atoms with Crippen LogP contribution >= 0.6 is 11.8 Å². The van der Waals surface area contributed by atoms with E-state index in [0.29, 0.717) is 9.79 Å². The average molecular weight is 348 g/mol. The van der Waals surface area contributed by atoms with E-state index in [4.69, 9.17) is 10.2 Å². The van der Waals surface area contributed by atoms with Gasteiger partial charge in [-0.1, -0.05) is 36.0 Å². The van der Waals surface area contributed by atoms with Crippen molar-refractivity contribution < 1.29 is 24.3 Å². The molecule has 0 spiro atoms. The first kappa shape index (κ1) is 19.7. The Bertz CT molecular complexity index is 661. The molecule has 0 unspecified atom stereocenters. The topological polar surface area (TPSA) is 74.6 Å². The van der Waals surface area contributed by atoms with Gasteiger partial charge < -0.3 is 14.7 Å². The van der Waals surface area contributed by atoms with E-state index in [-0.39, 0.29) is 11.1 Å². The Balaban J connectivity index is 0.000000505. The lowest BCUT2D eigenvalue weighted by Crippen LogP contribution is -2.27. The zero-order chi connectivity index (χ0) is 18.3. The van der Waals surface area contributed by atoms with Crippen LogP contribution < -0.4 is 0 Å². The van der Waals surface area contributed by atoms with E-state index in [1.54, 1.807) is 36.4 Å². The molecule has 0 saturated heterocycles. The van der Waals surface area contributed by atoms with E-state index in [0.717, 1.165) is 16.2 Å². The van der Waals surface area contributed by atoms with Crippen LogP contribution in [0.2, 0.25) is 0 Å². The number of hydrogen-bond acceptors (Lipinski definition) is 3. The van der Waals surface area contributed by atoms with Crippen molar-refractivity contribution >= 4 is 23.7 Å². The summed E-state index contributed by atoms with van der Waals surface area (Å²) in [4.78, 5) is 23.2. The van der Waals surface area contributed by atoms with Crippen LogP contribution in [0.5, 0.6) is 0 Å². The highest BCUT2D eigenvalue weighted by molar-refractivity contribution is 7.99. The Kier molecular flexibility index (Phi) is 7.00. The summed E-state index contributed by atoms with van der Waals surface area (Å²) >= 11 is 1.14. The maximum Gasteiger partial charge on any atom is 0.336 e. The molecule has 5 nitrogen and oxygen atoms in total. The van der Waals surface area contributed by atoms with Gasteiger partial charge in [0.05, 0.1) is 39.3 Å². The molecule has 0 aliphatic heterocycles. The zero-order valence-electron chi connectivity index (χ0n) is 14.2. The molecule has 128 valence electrons. The van der Waals surface area contributed by atoms with Gasteiger partial charge in [0.25, 0.3) is 0 Å². The number of rotatable bonds is 4. The van der Waals surface area contributed by atoms with Gasteiger partial charge in [-0.3, -0.25) is 0 Å². The molecule has 2 rings (SSSR count). The summed E-state index contributed by atoms with van der Waals surface area (Å²) in [5.41, 5.74) is 0.320. The van der Waals surface area contributed by atoms with E-state index in [9.17, 15) is 9.59 Å². The monoisotopic (exact) mass is 348 g/mol. The van der Waals surface area contributed by atoms with Gasteiger partial charge in [0.1, 0.15) is 0 Å². The van der Waals surface area contributed by atoms with Gasteiger partial charge in [-0.15, -0.1) is 0 Å². The molecule has 2 aromatic carbocycles. The Labute approximate surface area is 146 Å². The molecule has 0 heterocycles. The number of carboxylic acid groups (broad SMARTS) is 2. The summed E-state index contributed by atoms with van der Waals surface area (Å²) < 4.78 is 1.00. The predicted octanol–water partition coefficient (Wildman–Crippen LogP) is 3.56. The fourth-order valence-electron chi connectivity index (χ4n) is 1.58. The summed E-state index contributed by atoms with van der Waals surface area (Å²) in [5, 5.41) is 18.2. The second-order valence-electron chi connectivity index (χ2n) is 6.39. The van der Waals surface area contributed by atoms with E-state index in [2.05, 4.69) is 28.2 Å². The zero-order valence-corrected chi connectivity index (χ0v) is 15.0. The van der Waals surface area contributed by atoms with Gasteiger partial charge >= 0.3 is 11.9 Å². The van der Waals surface area contributed by atoms with Gasteiger partial charge in [-0.25, -0.2) is 9.59 Å². The fourth-order valence-corrected chi connectivity index (χ4v) is 2.64. The highest BCUT2D eigenvalue weighted by Crippen LogP contribution is 2.32. The number of quaternary nitrogens is 1. The Hall–Kier alpha value is -2.31. The molecule has 2 N–H and O–H groups in total. The van der Waals surface area contributed by atoms with Gasteiger partial charge in [0, 0.05) is 9.79 Å². The van der Waals surface area contributed by atoms with Crippen molar-refractivity contribution in [3.63, 3.8) is 0 Å². The predicted molar refractivity (Wildman–Crippen MR) is 94.9 cm³/mol. The van der Waals surface area contributed by atoms with E-state index in [1.165, 1.54) is 12.1 Å². The van der Waals surface area contributed by atoms with Crippen molar-refractivity contribution in [1.29, 1.82) is 0 Å². The maximum absolute atomic E-state index is 11.1. The van der Waals surface area contributed by atoms with Gasteiger partial charge in [-0.05, 0) is 24.3 Å². The number of nitrogens with zero attached hydrogens (tertiary/aromatic N) is 1. The summed E-state index contributed by atoms with van der Waals surface area (Å²) in [6.07, 6.45) is 0. The van der Waals surface area contributed by atoms with Crippen molar-refractivity contribution in [2.24, 2.45) is 0 Å². The highest BCUT2D eigenvalue weighted by Gasteiger charge is 2.14. The quantitative estimate of drug-likeness (QED) is 0.827. The van der Waals surface area contributed by atoms with Crippen LogP contribution in [0.4, 0.5) is 0 Å². The molecule has 0 aliphatic carbocycles. The summed E-state index contributed by atoms with van der Waals surface area (Å²) in [6, 6.07) is 13.0. The van der Waals surface area contributed by atoms with Crippen molar-refractivity contribution in [2.75, 3.05) is 28.2 Å². The van der Waals surface area contributed by atoms with Crippen molar-refractivity contribution in [3.8, 4) is 0 Å². The number of benzene rings is 2. The van der Waals surface area contributed by atoms with Crippen LogP contribution in [0, 0.1) is 0 Å². The largest absolute Gasteiger partial charge is 0.478 e. The lowest BCUT2D eigenvalue weighted by molar-refractivity contribution is -0.849.